The summed E-state index contributed by atoms with van der Waals surface area (Å²) >= 11 is 0. The molecule has 1 saturated heterocycles. The molecule has 0 aromatic heterocycles. The van der Waals surface area contributed by atoms with Crippen LogP contribution in [0.3, 0.4) is 0 Å². The predicted molar refractivity (Wildman–Crippen MR) is 68.5 cm³/mol. The van der Waals surface area contributed by atoms with Gasteiger partial charge in [0.05, 0.1) is 6.42 Å². The highest BCUT2D eigenvalue weighted by Crippen LogP contribution is 2.10. The number of amides is 2. The number of hydrogen-bond acceptors (Lipinski definition) is 3. The first-order chi connectivity index (χ1) is 8.28. The topological polar surface area (TPSA) is 81.7 Å². The Morgan fingerprint density at radius 2 is 1.89 bits per heavy atom. The monoisotopic (exact) mass is 257 g/mol. The quantitative estimate of drug-likeness (QED) is 0.690. The number of carbonyl (C=O) groups is 2. The highest BCUT2D eigenvalue weighted by molar-refractivity contribution is 5.76. The lowest BCUT2D eigenvalue weighted by atomic mass is 10.0. The summed E-state index contributed by atoms with van der Waals surface area (Å²) in [6.45, 7) is 5.36. The van der Waals surface area contributed by atoms with Gasteiger partial charge in [-0.05, 0) is 46.8 Å². The van der Waals surface area contributed by atoms with Crippen molar-refractivity contribution in [2.75, 3.05) is 20.1 Å². The summed E-state index contributed by atoms with van der Waals surface area (Å²) < 4.78 is 0. The summed E-state index contributed by atoms with van der Waals surface area (Å²) in [5.74, 6) is -0.917. The number of carboxylic acid groups (broad SMARTS) is 1. The lowest BCUT2D eigenvalue weighted by Crippen LogP contribution is -2.53. The van der Waals surface area contributed by atoms with Crippen molar-refractivity contribution in [3.63, 3.8) is 0 Å². The smallest absolute Gasteiger partial charge is 0.315 e. The van der Waals surface area contributed by atoms with Crippen molar-refractivity contribution < 1.29 is 14.7 Å². The van der Waals surface area contributed by atoms with Crippen LogP contribution in [0.25, 0.3) is 0 Å². The van der Waals surface area contributed by atoms with Crippen molar-refractivity contribution in [2.45, 2.75) is 44.7 Å². The van der Waals surface area contributed by atoms with Crippen LogP contribution in [0.15, 0.2) is 0 Å². The molecule has 1 heterocycles. The summed E-state index contributed by atoms with van der Waals surface area (Å²) in [7, 11) is 2.06. The van der Waals surface area contributed by atoms with Crippen LogP contribution in [0, 0.1) is 0 Å². The van der Waals surface area contributed by atoms with E-state index in [9.17, 15) is 9.59 Å². The number of likely N-dealkylation sites (tertiary alicyclic amines) is 1. The average molecular weight is 257 g/mol. The fourth-order valence-electron chi connectivity index (χ4n) is 2.10. The van der Waals surface area contributed by atoms with Gasteiger partial charge in [-0.15, -0.1) is 0 Å². The minimum Gasteiger partial charge on any atom is -0.481 e. The van der Waals surface area contributed by atoms with Gasteiger partial charge in [0.25, 0.3) is 0 Å². The van der Waals surface area contributed by atoms with Gasteiger partial charge >= 0.3 is 12.0 Å². The van der Waals surface area contributed by atoms with Gasteiger partial charge < -0.3 is 20.6 Å². The highest BCUT2D eigenvalue weighted by atomic mass is 16.4. The van der Waals surface area contributed by atoms with E-state index in [1.807, 2.05) is 0 Å². The number of nitrogens with one attached hydrogen (secondary N) is 2. The van der Waals surface area contributed by atoms with Gasteiger partial charge in [0, 0.05) is 11.6 Å². The zero-order valence-electron chi connectivity index (χ0n) is 11.3. The molecule has 0 aliphatic carbocycles. The molecule has 104 valence electrons. The van der Waals surface area contributed by atoms with E-state index in [0.717, 1.165) is 25.9 Å². The molecule has 0 spiro atoms. The van der Waals surface area contributed by atoms with Gasteiger partial charge in [-0.25, -0.2) is 4.79 Å². The van der Waals surface area contributed by atoms with Crippen molar-refractivity contribution in [2.24, 2.45) is 0 Å². The fourth-order valence-corrected chi connectivity index (χ4v) is 2.10. The van der Waals surface area contributed by atoms with E-state index in [1.54, 1.807) is 13.8 Å². The number of urea groups is 1. The van der Waals surface area contributed by atoms with Crippen LogP contribution in [0.4, 0.5) is 4.79 Å². The molecule has 1 aliphatic heterocycles. The second-order valence-corrected chi connectivity index (χ2v) is 5.63. The molecule has 18 heavy (non-hydrogen) atoms. The Morgan fingerprint density at radius 3 is 2.39 bits per heavy atom. The number of rotatable bonds is 4. The van der Waals surface area contributed by atoms with Crippen LogP contribution >= 0.6 is 0 Å². The normalized spacial score (nSPS) is 18.4. The number of aliphatic carboxylic acids is 1. The Kier molecular flexibility index (Phi) is 4.95. The maximum atomic E-state index is 11.8. The zero-order chi connectivity index (χ0) is 13.8. The van der Waals surface area contributed by atoms with Crippen LogP contribution in [0.2, 0.25) is 0 Å². The molecule has 1 aliphatic rings. The maximum Gasteiger partial charge on any atom is 0.315 e. The third kappa shape index (κ3) is 5.35. The minimum absolute atomic E-state index is 0.0895. The third-order valence-corrected chi connectivity index (χ3v) is 3.10. The van der Waals surface area contributed by atoms with Gasteiger partial charge in [-0.2, -0.15) is 0 Å². The van der Waals surface area contributed by atoms with Crippen LogP contribution in [0.1, 0.15) is 33.1 Å². The van der Waals surface area contributed by atoms with Gasteiger partial charge in [0.1, 0.15) is 0 Å². The molecule has 0 unspecified atom stereocenters. The Balaban J connectivity index is 2.35. The van der Waals surface area contributed by atoms with Crippen LogP contribution in [0.5, 0.6) is 0 Å². The molecule has 3 N–H and O–H groups in total. The van der Waals surface area contributed by atoms with Gasteiger partial charge in [0.15, 0.2) is 0 Å². The van der Waals surface area contributed by atoms with Crippen LogP contribution in [-0.4, -0.2) is 53.7 Å². The van der Waals surface area contributed by atoms with Crippen molar-refractivity contribution in [1.82, 2.24) is 15.5 Å². The summed E-state index contributed by atoms with van der Waals surface area (Å²) in [5.41, 5.74) is -0.735. The lowest BCUT2D eigenvalue weighted by molar-refractivity contribution is -0.138. The largest absolute Gasteiger partial charge is 0.481 e. The molecule has 2 amide bonds. The van der Waals surface area contributed by atoms with Crippen LogP contribution < -0.4 is 10.6 Å². The van der Waals surface area contributed by atoms with E-state index >= 15 is 0 Å². The molecule has 1 rings (SSSR count). The van der Waals surface area contributed by atoms with E-state index in [0.29, 0.717) is 0 Å². The Bertz CT molecular complexity index is 310. The third-order valence-electron chi connectivity index (χ3n) is 3.10. The number of piperidine rings is 1. The van der Waals surface area contributed by atoms with Crippen molar-refractivity contribution in [3.05, 3.63) is 0 Å². The Morgan fingerprint density at radius 1 is 1.33 bits per heavy atom. The fraction of sp³-hybridized carbons (Fsp3) is 0.833. The number of carbonyl (C=O) groups excluding carboxylic acids is 1. The first-order valence-corrected chi connectivity index (χ1v) is 6.27. The molecule has 6 nitrogen and oxygen atoms in total. The molecule has 0 atom stereocenters. The number of nitrogens with zero attached hydrogens (tertiary/aromatic N) is 1. The number of carboxylic acids is 1. The second kappa shape index (κ2) is 6.04. The molecular weight excluding hydrogens is 234 g/mol. The number of hydrogen-bond donors (Lipinski definition) is 3. The van der Waals surface area contributed by atoms with E-state index in [-0.39, 0.29) is 18.5 Å². The van der Waals surface area contributed by atoms with Gasteiger partial charge in [-0.3, -0.25) is 4.79 Å². The second-order valence-electron chi connectivity index (χ2n) is 5.63. The Hall–Kier alpha value is -1.30. The SMILES string of the molecule is CN1CCC(NC(=O)NC(C)(C)CC(=O)O)CC1. The molecule has 0 aromatic rings. The summed E-state index contributed by atoms with van der Waals surface area (Å²) in [6.07, 6.45) is 1.78. The van der Waals surface area contributed by atoms with Crippen molar-refractivity contribution >= 4 is 12.0 Å². The first-order valence-electron chi connectivity index (χ1n) is 6.27. The molecule has 0 aromatic carbocycles. The van der Waals surface area contributed by atoms with Crippen LogP contribution in [-0.2, 0) is 4.79 Å². The maximum absolute atomic E-state index is 11.8. The zero-order valence-corrected chi connectivity index (χ0v) is 11.3. The van der Waals surface area contributed by atoms with Gasteiger partial charge in [-0.1, -0.05) is 0 Å². The molecular formula is C12H23N3O3. The first kappa shape index (κ1) is 14.8. The van der Waals surface area contributed by atoms with E-state index in [1.165, 1.54) is 0 Å². The van der Waals surface area contributed by atoms with Crippen molar-refractivity contribution in [1.29, 1.82) is 0 Å². The summed E-state index contributed by atoms with van der Waals surface area (Å²) in [4.78, 5) is 24.6. The summed E-state index contributed by atoms with van der Waals surface area (Å²) in [6, 6.07) is -0.0994. The van der Waals surface area contributed by atoms with E-state index in [4.69, 9.17) is 5.11 Å². The van der Waals surface area contributed by atoms with Gasteiger partial charge in [0.2, 0.25) is 0 Å². The highest BCUT2D eigenvalue weighted by Gasteiger charge is 2.25. The summed E-state index contributed by atoms with van der Waals surface area (Å²) in [5, 5.41) is 14.3. The molecule has 1 fully saturated rings. The lowest BCUT2D eigenvalue weighted by Gasteiger charge is -2.31. The van der Waals surface area contributed by atoms with E-state index < -0.39 is 11.5 Å². The minimum atomic E-state index is -0.917. The predicted octanol–water partition coefficient (Wildman–Crippen LogP) is 0.633. The van der Waals surface area contributed by atoms with Crippen molar-refractivity contribution in [3.8, 4) is 0 Å². The standard InChI is InChI=1S/C12H23N3O3/c1-12(2,8-10(16)17)14-11(18)13-9-4-6-15(3)7-5-9/h9H,4-8H2,1-3H3,(H,16,17)(H2,13,14,18). The van der Waals surface area contributed by atoms with E-state index in [2.05, 4.69) is 22.6 Å². The molecule has 0 radical (unpaired) electrons. The average Bonchev–Trinajstić information content (AvgIpc) is 2.18. The molecule has 6 heteroatoms. The molecule has 0 bridgehead atoms. The Labute approximate surface area is 108 Å². The molecule has 0 saturated carbocycles.